The number of carbonyl (C=O) groups is 2. The van der Waals surface area contributed by atoms with Crippen LogP contribution in [0.15, 0.2) is 48.5 Å². The fourth-order valence-electron chi connectivity index (χ4n) is 3.22. The van der Waals surface area contributed by atoms with Gasteiger partial charge in [-0.1, -0.05) is 23.7 Å². The molecule has 1 heterocycles. The molecule has 2 aromatic carbocycles. The molecule has 1 fully saturated rings. The van der Waals surface area contributed by atoms with E-state index in [1.165, 1.54) is 23.1 Å². The first kappa shape index (κ1) is 20.2. The van der Waals surface area contributed by atoms with Crippen molar-refractivity contribution in [2.24, 2.45) is 5.92 Å². The zero-order valence-corrected chi connectivity index (χ0v) is 15.5. The van der Waals surface area contributed by atoms with Crippen LogP contribution in [0.4, 0.5) is 13.2 Å². The number of hydrogen-bond acceptors (Lipinski definition) is 3. The molecular formula is C20H17ClF3NO3. The van der Waals surface area contributed by atoms with E-state index in [4.69, 9.17) is 11.6 Å². The van der Waals surface area contributed by atoms with E-state index >= 15 is 0 Å². The Bertz CT molecular complexity index is 860. The zero-order valence-electron chi connectivity index (χ0n) is 14.7. The van der Waals surface area contributed by atoms with E-state index in [1.807, 2.05) is 0 Å². The molecular weight excluding hydrogens is 395 g/mol. The minimum Gasteiger partial charge on any atom is -0.405 e. The molecule has 4 nitrogen and oxygen atoms in total. The molecule has 0 saturated carbocycles. The van der Waals surface area contributed by atoms with Gasteiger partial charge in [0.1, 0.15) is 5.75 Å². The van der Waals surface area contributed by atoms with Crippen LogP contribution in [0, 0.1) is 5.92 Å². The Hall–Kier alpha value is -2.54. The molecule has 0 radical (unpaired) electrons. The molecule has 2 aromatic rings. The van der Waals surface area contributed by atoms with Crippen molar-refractivity contribution < 1.29 is 27.5 Å². The van der Waals surface area contributed by atoms with Crippen molar-refractivity contribution >= 4 is 23.3 Å². The molecule has 0 bridgehead atoms. The molecule has 28 heavy (non-hydrogen) atoms. The average molecular weight is 412 g/mol. The summed E-state index contributed by atoms with van der Waals surface area (Å²) in [4.78, 5) is 26.7. The van der Waals surface area contributed by atoms with Crippen LogP contribution in [0.25, 0.3) is 0 Å². The molecule has 0 atom stereocenters. The van der Waals surface area contributed by atoms with Crippen molar-refractivity contribution in [1.29, 1.82) is 0 Å². The number of carbonyl (C=O) groups excluding carboxylic acids is 2. The Labute approximate surface area is 164 Å². The van der Waals surface area contributed by atoms with E-state index in [0.29, 0.717) is 23.4 Å². The largest absolute Gasteiger partial charge is 0.573 e. The molecule has 1 aliphatic rings. The molecule has 0 spiro atoms. The van der Waals surface area contributed by atoms with Gasteiger partial charge in [0.25, 0.3) is 5.91 Å². The van der Waals surface area contributed by atoms with Crippen LogP contribution in [-0.4, -0.2) is 36.0 Å². The maximum Gasteiger partial charge on any atom is 0.573 e. The average Bonchev–Trinajstić information content (AvgIpc) is 2.67. The Kier molecular flexibility index (Phi) is 5.93. The normalized spacial score (nSPS) is 15.4. The summed E-state index contributed by atoms with van der Waals surface area (Å²) in [6.07, 6.45) is -4.00. The fourth-order valence-corrected chi connectivity index (χ4v) is 3.35. The summed E-state index contributed by atoms with van der Waals surface area (Å²) < 4.78 is 41.6. The topological polar surface area (TPSA) is 46.6 Å². The Morgan fingerprint density at radius 2 is 1.61 bits per heavy atom. The molecule has 3 rings (SSSR count). The third-order valence-electron chi connectivity index (χ3n) is 4.62. The monoisotopic (exact) mass is 411 g/mol. The van der Waals surface area contributed by atoms with Gasteiger partial charge in [-0.3, -0.25) is 9.59 Å². The van der Waals surface area contributed by atoms with Crippen molar-refractivity contribution in [3.8, 4) is 5.75 Å². The lowest BCUT2D eigenvalue weighted by atomic mass is 9.88. The van der Waals surface area contributed by atoms with Gasteiger partial charge in [-0.25, -0.2) is 0 Å². The SMILES string of the molecule is O=C(c1ccc(Cl)cc1)C1CCN(C(=O)c2ccccc2OC(F)(F)F)CC1. The standard InChI is InChI=1S/C20H17ClF3NO3/c21-15-7-5-13(6-8-15)18(26)14-9-11-25(12-10-14)19(27)16-3-1-2-4-17(16)28-20(22,23)24/h1-8,14H,9-12H2. The summed E-state index contributed by atoms with van der Waals surface area (Å²) in [7, 11) is 0. The Balaban J connectivity index is 1.66. The number of alkyl halides is 3. The number of halogens is 4. The number of amides is 1. The summed E-state index contributed by atoms with van der Waals surface area (Å²) in [6.45, 7) is 0.562. The van der Waals surface area contributed by atoms with Gasteiger partial charge in [0.2, 0.25) is 0 Å². The molecule has 1 saturated heterocycles. The third kappa shape index (κ3) is 4.84. The first-order chi connectivity index (χ1) is 13.2. The molecule has 8 heteroatoms. The summed E-state index contributed by atoms with van der Waals surface area (Å²) in [5.74, 6) is -1.34. The minimum atomic E-state index is -4.88. The number of Topliss-reactive ketones (excluding diaryl/α,β-unsaturated/α-hetero) is 1. The van der Waals surface area contributed by atoms with Crippen molar-refractivity contribution in [2.75, 3.05) is 13.1 Å². The molecule has 148 valence electrons. The number of benzene rings is 2. The lowest BCUT2D eigenvalue weighted by molar-refractivity contribution is -0.274. The van der Waals surface area contributed by atoms with E-state index < -0.39 is 18.0 Å². The van der Waals surface area contributed by atoms with Crippen LogP contribution in [0.1, 0.15) is 33.6 Å². The van der Waals surface area contributed by atoms with Crippen LogP contribution in [-0.2, 0) is 0 Å². The second kappa shape index (κ2) is 8.22. The lowest BCUT2D eigenvalue weighted by Gasteiger charge is -2.31. The number of hydrogen-bond donors (Lipinski definition) is 0. The first-order valence-electron chi connectivity index (χ1n) is 8.68. The number of ether oxygens (including phenoxy) is 1. The Morgan fingerprint density at radius 3 is 2.21 bits per heavy atom. The second-order valence-corrected chi connectivity index (χ2v) is 6.92. The highest BCUT2D eigenvalue weighted by atomic mass is 35.5. The molecule has 0 unspecified atom stereocenters. The molecule has 0 N–H and O–H groups in total. The van der Waals surface area contributed by atoms with Crippen LogP contribution in [0.3, 0.4) is 0 Å². The number of nitrogens with zero attached hydrogens (tertiary/aromatic N) is 1. The highest BCUT2D eigenvalue weighted by Gasteiger charge is 2.34. The zero-order chi connectivity index (χ0) is 20.3. The maximum absolute atomic E-state index is 12.7. The number of likely N-dealkylation sites (tertiary alicyclic amines) is 1. The predicted molar refractivity (Wildman–Crippen MR) is 97.5 cm³/mol. The van der Waals surface area contributed by atoms with E-state index in [-0.39, 0.29) is 30.4 Å². The van der Waals surface area contributed by atoms with E-state index in [0.717, 1.165) is 6.07 Å². The van der Waals surface area contributed by atoms with Gasteiger partial charge in [-0.15, -0.1) is 13.2 Å². The maximum atomic E-state index is 12.7. The number of ketones is 1. The van der Waals surface area contributed by atoms with Crippen molar-refractivity contribution in [3.63, 3.8) is 0 Å². The molecule has 1 aliphatic heterocycles. The summed E-state index contributed by atoms with van der Waals surface area (Å²) in [5, 5.41) is 0.539. The molecule has 0 aliphatic carbocycles. The number of para-hydroxylation sites is 1. The van der Waals surface area contributed by atoms with Crippen LogP contribution in [0.2, 0.25) is 5.02 Å². The van der Waals surface area contributed by atoms with E-state index in [2.05, 4.69) is 4.74 Å². The van der Waals surface area contributed by atoms with Gasteiger partial charge in [0.05, 0.1) is 5.56 Å². The van der Waals surface area contributed by atoms with Gasteiger partial charge in [0, 0.05) is 29.6 Å². The molecule has 1 amide bonds. The van der Waals surface area contributed by atoms with Gasteiger partial charge in [0.15, 0.2) is 5.78 Å². The highest BCUT2D eigenvalue weighted by molar-refractivity contribution is 6.30. The lowest BCUT2D eigenvalue weighted by Crippen LogP contribution is -2.40. The van der Waals surface area contributed by atoms with Gasteiger partial charge in [-0.2, -0.15) is 0 Å². The minimum absolute atomic E-state index is 0.0235. The number of piperidine rings is 1. The molecule has 0 aromatic heterocycles. The predicted octanol–water partition coefficient (Wildman–Crippen LogP) is 4.97. The quantitative estimate of drug-likeness (QED) is 0.667. The summed E-state index contributed by atoms with van der Waals surface area (Å²) in [5.41, 5.74) is 0.403. The number of rotatable bonds is 4. The first-order valence-corrected chi connectivity index (χ1v) is 9.06. The van der Waals surface area contributed by atoms with E-state index in [9.17, 15) is 22.8 Å². The van der Waals surface area contributed by atoms with Crippen LogP contribution < -0.4 is 4.74 Å². The van der Waals surface area contributed by atoms with Crippen molar-refractivity contribution in [2.45, 2.75) is 19.2 Å². The van der Waals surface area contributed by atoms with Gasteiger partial charge >= 0.3 is 6.36 Å². The summed E-state index contributed by atoms with van der Waals surface area (Å²) >= 11 is 5.83. The van der Waals surface area contributed by atoms with Crippen molar-refractivity contribution in [1.82, 2.24) is 4.90 Å². The highest BCUT2D eigenvalue weighted by Crippen LogP contribution is 2.29. The smallest absolute Gasteiger partial charge is 0.405 e. The van der Waals surface area contributed by atoms with Gasteiger partial charge < -0.3 is 9.64 Å². The van der Waals surface area contributed by atoms with Crippen molar-refractivity contribution in [3.05, 3.63) is 64.7 Å². The Morgan fingerprint density at radius 1 is 1.00 bits per heavy atom. The fraction of sp³-hybridized carbons (Fsp3) is 0.300. The van der Waals surface area contributed by atoms with Crippen LogP contribution >= 0.6 is 11.6 Å². The van der Waals surface area contributed by atoms with E-state index in [1.54, 1.807) is 24.3 Å². The second-order valence-electron chi connectivity index (χ2n) is 6.48. The summed E-state index contributed by atoms with van der Waals surface area (Å²) in [6, 6.07) is 11.9. The van der Waals surface area contributed by atoms with Crippen LogP contribution in [0.5, 0.6) is 5.75 Å². The third-order valence-corrected chi connectivity index (χ3v) is 4.88. The van der Waals surface area contributed by atoms with Gasteiger partial charge in [-0.05, 0) is 49.2 Å².